The normalized spacial score (nSPS) is 14.5. The molecule has 1 atom stereocenters. The first-order chi connectivity index (χ1) is 6.31. The van der Waals surface area contributed by atoms with Gasteiger partial charge in [0, 0.05) is 0 Å². The maximum absolute atomic E-state index is 12.3. The van der Waals surface area contributed by atoms with E-state index in [2.05, 4.69) is 4.74 Å². The predicted molar refractivity (Wildman–Crippen MR) is 41.7 cm³/mol. The van der Waals surface area contributed by atoms with E-state index < -0.39 is 30.8 Å². The largest absolute Gasteiger partial charge is 0.364 e. The second kappa shape index (κ2) is 5.29. The maximum atomic E-state index is 12.3. The molecule has 0 fully saturated rings. The van der Waals surface area contributed by atoms with Gasteiger partial charge in [-0.25, -0.2) is 8.78 Å². The molecule has 0 aliphatic heterocycles. The van der Waals surface area contributed by atoms with Crippen LogP contribution in [0.3, 0.4) is 0 Å². The fourth-order valence-electron chi connectivity index (χ4n) is 0.797. The van der Waals surface area contributed by atoms with Gasteiger partial charge >= 0.3 is 12.3 Å². The van der Waals surface area contributed by atoms with Crippen molar-refractivity contribution in [2.45, 2.75) is 38.7 Å². The predicted octanol–water partition coefficient (Wildman–Crippen LogP) is 2.27. The minimum Gasteiger partial charge on any atom is -0.364 e. The number of carbonyl (C=O) groups is 1. The lowest BCUT2D eigenvalue weighted by Gasteiger charge is -2.18. The molecule has 0 N–H and O–H groups in total. The highest BCUT2D eigenvalue weighted by Crippen LogP contribution is 2.23. The summed E-state index contributed by atoms with van der Waals surface area (Å²) in [6, 6.07) is 0. The molecule has 0 aromatic heterocycles. The van der Waals surface area contributed by atoms with E-state index in [1.807, 2.05) is 0 Å². The van der Waals surface area contributed by atoms with E-state index in [1.165, 1.54) is 0 Å². The van der Waals surface area contributed by atoms with E-state index in [0.717, 1.165) is 6.92 Å². The number of hydrogen-bond acceptors (Lipinski definition) is 2. The Kier molecular flexibility index (Phi) is 5.04. The SMILES string of the molecule is CC[C@@H](OCC(F)(F)C(F)F)C(C)=O. The van der Waals surface area contributed by atoms with Crippen molar-refractivity contribution in [1.82, 2.24) is 0 Å². The van der Waals surface area contributed by atoms with Crippen LogP contribution in [-0.4, -0.2) is 30.8 Å². The van der Waals surface area contributed by atoms with Crippen molar-refractivity contribution in [3.8, 4) is 0 Å². The fourth-order valence-corrected chi connectivity index (χ4v) is 0.797. The van der Waals surface area contributed by atoms with Crippen molar-refractivity contribution in [1.29, 1.82) is 0 Å². The van der Waals surface area contributed by atoms with Crippen LogP contribution >= 0.6 is 0 Å². The van der Waals surface area contributed by atoms with Crippen molar-refractivity contribution in [2.24, 2.45) is 0 Å². The van der Waals surface area contributed by atoms with Crippen molar-refractivity contribution < 1.29 is 27.1 Å². The summed E-state index contributed by atoms with van der Waals surface area (Å²) in [7, 11) is 0. The molecule has 0 saturated heterocycles. The zero-order valence-electron chi connectivity index (χ0n) is 7.90. The zero-order chi connectivity index (χ0) is 11.4. The van der Waals surface area contributed by atoms with Crippen LogP contribution in [0.15, 0.2) is 0 Å². The molecular weight excluding hydrogens is 204 g/mol. The molecule has 84 valence electrons. The Morgan fingerprint density at radius 2 is 1.93 bits per heavy atom. The molecular formula is C8H12F4O2. The molecule has 0 heterocycles. The quantitative estimate of drug-likeness (QED) is 0.636. The maximum Gasteiger partial charge on any atom is 0.330 e. The van der Waals surface area contributed by atoms with Crippen molar-refractivity contribution >= 4 is 5.78 Å². The summed E-state index contributed by atoms with van der Waals surface area (Å²) >= 11 is 0. The molecule has 0 aromatic rings. The van der Waals surface area contributed by atoms with E-state index >= 15 is 0 Å². The Morgan fingerprint density at radius 3 is 2.21 bits per heavy atom. The van der Waals surface area contributed by atoms with E-state index in [4.69, 9.17) is 0 Å². The molecule has 0 bridgehead atoms. The third kappa shape index (κ3) is 4.04. The fraction of sp³-hybridized carbons (Fsp3) is 0.875. The first kappa shape index (κ1) is 13.4. The number of alkyl halides is 4. The molecule has 0 spiro atoms. The average Bonchev–Trinajstić information content (AvgIpc) is 2.04. The number of rotatable bonds is 6. The number of ether oxygens (including phenoxy) is 1. The molecule has 0 amide bonds. The van der Waals surface area contributed by atoms with Gasteiger partial charge in [0.1, 0.15) is 12.7 Å². The third-order valence-corrected chi connectivity index (χ3v) is 1.62. The molecule has 0 aromatic carbocycles. The van der Waals surface area contributed by atoms with E-state index in [1.54, 1.807) is 6.92 Å². The molecule has 14 heavy (non-hydrogen) atoms. The van der Waals surface area contributed by atoms with Gasteiger partial charge in [-0.1, -0.05) is 6.92 Å². The number of ketones is 1. The summed E-state index contributed by atoms with van der Waals surface area (Å²) < 4.78 is 52.3. The summed E-state index contributed by atoms with van der Waals surface area (Å²) in [6.45, 7) is 1.28. The van der Waals surface area contributed by atoms with Gasteiger partial charge in [-0.2, -0.15) is 8.78 Å². The Morgan fingerprint density at radius 1 is 1.43 bits per heavy atom. The average molecular weight is 216 g/mol. The van der Waals surface area contributed by atoms with Crippen molar-refractivity contribution in [3.63, 3.8) is 0 Å². The zero-order valence-corrected chi connectivity index (χ0v) is 7.90. The highest BCUT2D eigenvalue weighted by atomic mass is 19.3. The lowest BCUT2D eigenvalue weighted by Crippen LogP contribution is -2.35. The summed E-state index contributed by atoms with van der Waals surface area (Å²) in [5.74, 6) is -4.64. The summed E-state index contributed by atoms with van der Waals surface area (Å²) in [5, 5.41) is 0. The molecule has 0 unspecified atom stereocenters. The Hall–Kier alpha value is -0.650. The second-order valence-electron chi connectivity index (χ2n) is 2.88. The van der Waals surface area contributed by atoms with Crippen LogP contribution < -0.4 is 0 Å². The second-order valence-corrected chi connectivity index (χ2v) is 2.88. The van der Waals surface area contributed by atoms with Crippen LogP contribution in [0.25, 0.3) is 0 Å². The van der Waals surface area contributed by atoms with Gasteiger partial charge < -0.3 is 4.74 Å². The Labute approximate surface area is 79.2 Å². The molecule has 0 aliphatic carbocycles. The number of carbonyl (C=O) groups excluding carboxylic acids is 1. The van der Waals surface area contributed by atoms with E-state index in [-0.39, 0.29) is 6.42 Å². The number of halogens is 4. The van der Waals surface area contributed by atoms with Gasteiger partial charge in [-0.15, -0.1) is 0 Å². The topological polar surface area (TPSA) is 26.3 Å². The van der Waals surface area contributed by atoms with Crippen molar-refractivity contribution in [2.75, 3.05) is 6.61 Å². The lowest BCUT2D eigenvalue weighted by atomic mass is 10.2. The molecule has 2 nitrogen and oxygen atoms in total. The number of Topliss-reactive ketones (excluding diaryl/α,β-unsaturated/α-hetero) is 1. The van der Waals surface area contributed by atoms with E-state index in [9.17, 15) is 22.4 Å². The van der Waals surface area contributed by atoms with Gasteiger partial charge in [0.15, 0.2) is 5.78 Å². The third-order valence-electron chi connectivity index (χ3n) is 1.62. The first-order valence-electron chi connectivity index (χ1n) is 4.09. The molecule has 0 saturated carbocycles. The molecule has 6 heteroatoms. The van der Waals surface area contributed by atoms with Gasteiger partial charge in [0.05, 0.1) is 0 Å². The Balaban J connectivity index is 4.09. The van der Waals surface area contributed by atoms with Crippen LogP contribution in [-0.2, 0) is 9.53 Å². The number of hydrogen-bond donors (Lipinski definition) is 0. The lowest BCUT2D eigenvalue weighted by molar-refractivity contribution is -0.178. The summed E-state index contributed by atoms with van der Waals surface area (Å²) in [6.07, 6.45) is -4.61. The first-order valence-corrected chi connectivity index (χ1v) is 4.09. The standard InChI is InChI=1S/C8H12F4O2/c1-3-6(5(2)13)14-4-8(11,12)7(9)10/h6-7H,3-4H2,1-2H3/t6-/m1/s1. The van der Waals surface area contributed by atoms with Gasteiger partial charge in [0.2, 0.25) is 0 Å². The smallest absolute Gasteiger partial charge is 0.330 e. The minimum absolute atomic E-state index is 0.189. The summed E-state index contributed by atoms with van der Waals surface area (Å²) in [4.78, 5) is 10.7. The minimum atomic E-state index is -4.19. The van der Waals surface area contributed by atoms with Crippen molar-refractivity contribution in [3.05, 3.63) is 0 Å². The monoisotopic (exact) mass is 216 g/mol. The summed E-state index contributed by atoms with van der Waals surface area (Å²) in [5.41, 5.74) is 0. The molecule has 0 rings (SSSR count). The highest BCUT2D eigenvalue weighted by Gasteiger charge is 2.41. The highest BCUT2D eigenvalue weighted by molar-refractivity contribution is 5.80. The molecule has 0 radical (unpaired) electrons. The van der Waals surface area contributed by atoms with Gasteiger partial charge in [-0.3, -0.25) is 4.79 Å². The van der Waals surface area contributed by atoms with Crippen LogP contribution in [0, 0.1) is 0 Å². The van der Waals surface area contributed by atoms with Gasteiger partial charge in [0.25, 0.3) is 0 Å². The molecule has 0 aliphatic rings. The Bertz CT molecular complexity index is 194. The van der Waals surface area contributed by atoms with Crippen LogP contribution in [0.1, 0.15) is 20.3 Å². The van der Waals surface area contributed by atoms with Crippen LogP contribution in [0.2, 0.25) is 0 Å². The van der Waals surface area contributed by atoms with E-state index in [0.29, 0.717) is 0 Å². The van der Waals surface area contributed by atoms with Crippen LogP contribution in [0.5, 0.6) is 0 Å². The van der Waals surface area contributed by atoms with Crippen LogP contribution in [0.4, 0.5) is 17.6 Å². The van der Waals surface area contributed by atoms with Gasteiger partial charge in [-0.05, 0) is 13.3 Å².